The van der Waals surface area contributed by atoms with Gasteiger partial charge in [-0.3, -0.25) is 19.2 Å². The Morgan fingerprint density at radius 1 is 0.750 bits per heavy atom. The van der Waals surface area contributed by atoms with Crippen LogP contribution in [-0.2, 0) is 19.2 Å². The highest BCUT2D eigenvalue weighted by atomic mass is 16.2. The maximum absolute atomic E-state index is 10.9. The minimum absolute atomic E-state index is 0.149. The van der Waals surface area contributed by atoms with Crippen molar-refractivity contribution in [2.75, 3.05) is 13.1 Å². The van der Waals surface area contributed by atoms with Crippen molar-refractivity contribution in [2.45, 2.75) is 12.8 Å². The van der Waals surface area contributed by atoms with E-state index in [1.807, 2.05) is 0 Å². The average Bonchev–Trinajstić information content (AvgIpc) is 2.10. The van der Waals surface area contributed by atoms with Crippen molar-refractivity contribution in [1.29, 1.82) is 0 Å². The first-order chi connectivity index (χ1) is 7.41. The maximum atomic E-state index is 10.9. The summed E-state index contributed by atoms with van der Waals surface area (Å²) in [6.07, 6.45) is -0.787. The molecule has 8 nitrogen and oxygen atoms in total. The van der Waals surface area contributed by atoms with Crippen LogP contribution in [0.3, 0.4) is 0 Å². The number of rotatable bonds is 7. The molecule has 0 rings (SSSR count). The standard InChI is InChI=1S/C8H14N4O4/c9-5(13)3-7(15)11-1-2-12-8(16)4-6(10)14/h1-4H2,(H2,9,13)(H2,10,14)(H,11,15)(H,12,16). The van der Waals surface area contributed by atoms with Crippen molar-refractivity contribution in [2.24, 2.45) is 11.5 Å². The van der Waals surface area contributed by atoms with Crippen LogP contribution in [0.1, 0.15) is 12.8 Å². The predicted octanol–water partition coefficient (Wildman–Crippen LogP) is -3.03. The molecule has 0 atom stereocenters. The van der Waals surface area contributed by atoms with Crippen molar-refractivity contribution < 1.29 is 19.2 Å². The van der Waals surface area contributed by atoms with E-state index in [1.54, 1.807) is 0 Å². The lowest BCUT2D eigenvalue weighted by Gasteiger charge is -2.05. The first-order valence-corrected chi connectivity index (χ1v) is 4.52. The van der Waals surface area contributed by atoms with Gasteiger partial charge in [-0.25, -0.2) is 0 Å². The van der Waals surface area contributed by atoms with E-state index in [2.05, 4.69) is 10.6 Å². The van der Waals surface area contributed by atoms with E-state index in [0.29, 0.717) is 0 Å². The monoisotopic (exact) mass is 230 g/mol. The summed E-state index contributed by atoms with van der Waals surface area (Å²) in [5.74, 6) is -2.49. The molecule has 6 N–H and O–H groups in total. The van der Waals surface area contributed by atoms with Gasteiger partial charge in [0, 0.05) is 13.1 Å². The van der Waals surface area contributed by atoms with Gasteiger partial charge in [0.05, 0.1) is 0 Å². The van der Waals surface area contributed by atoms with Crippen LogP contribution in [0.2, 0.25) is 0 Å². The van der Waals surface area contributed by atoms with Crippen molar-refractivity contribution in [1.82, 2.24) is 10.6 Å². The number of hydrogen-bond donors (Lipinski definition) is 4. The lowest BCUT2D eigenvalue weighted by molar-refractivity contribution is -0.130. The first kappa shape index (κ1) is 13.9. The van der Waals surface area contributed by atoms with Crippen LogP contribution in [0.4, 0.5) is 0 Å². The third kappa shape index (κ3) is 8.48. The van der Waals surface area contributed by atoms with Crippen LogP contribution in [-0.4, -0.2) is 36.7 Å². The summed E-state index contributed by atoms with van der Waals surface area (Å²) in [4.78, 5) is 42.4. The molecule has 0 aliphatic rings. The molecule has 8 heteroatoms. The predicted molar refractivity (Wildman–Crippen MR) is 53.6 cm³/mol. The zero-order valence-corrected chi connectivity index (χ0v) is 8.62. The van der Waals surface area contributed by atoms with Gasteiger partial charge in [0.25, 0.3) is 0 Å². The number of amides is 4. The Labute approximate surface area is 91.7 Å². The Hall–Kier alpha value is -2.12. The molecule has 0 radical (unpaired) electrons. The van der Waals surface area contributed by atoms with Gasteiger partial charge in [0.15, 0.2) is 0 Å². The Balaban J connectivity index is 3.53. The Morgan fingerprint density at radius 3 is 1.31 bits per heavy atom. The van der Waals surface area contributed by atoms with Gasteiger partial charge in [0.2, 0.25) is 23.6 Å². The van der Waals surface area contributed by atoms with Crippen molar-refractivity contribution in [3.63, 3.8) is 0 Å². The molecule has 4 amide bonds. The molecule has 0 aliphatic carbocycles. The van der Waals surface area contributed by atoms with Crippen molar-refractivity contribution in [3.8, 4) is 0 Å². The third-order valence-electron chi connectivity index (χ3n) is 1.44. The molecule has 0 spiro atoms. The van der Waals surface area contributed by atoms with E-state index in [9.17, 15) is 19.2 Å². The molecule has 0 aliphatic heterocycles. The Morgan fingerprint density at radius 2 is 1.06 bits per heavy atom. The molecular formula is C8H14N4O4. The van der Waals surface area contributed by atoms with Gasteiger partial charge in [-0.15, -0.1) is 0 Å². The lowest BCUT2D eigenvalue weighted by Crippen LogP contribution is -2.37. The summed E-state index contributed by atoms with van der Waals surface area (Å²) in [6, 6.07) is 0. The van der Waals surface area contributed by atoms with Gasteiger partial charge in [-0.2, -0.15) is 0 Å². The van der Waals surface area contributed by atoms with Crippen molar-refractivity contribution in [3.05, 3.63) is 0 Å². The SMILES string of the molecule is NC(=O)CC(=O)NCCNC(=O)CC(N)=O. The molecule has 0 saturated carbocycles. The number of nitrogens with two attached hydrogens (primary N) is 2. The van der Waals surface area contributed by atoms with E-state index in [4.69, 9.17) is 11.5 Å². The Kier molecular flexibility index (Phi) is 6.25. The summed E-state index contributed by atoms with van der Waals surface area (Å²) < 4.78 is 0. The third-order valence-corrected chi connectivity index (χ3v) is 1.44. The molecule has 0 fully saturated rings. The zero-order valence-electron chi connectivity index (χ0n) is 8.62. The molecule has 0 aromatic carbocycles. The fraction of sp³-hybridized carbons (Fsp3) is 0.500. The summed E-state index contributed by atoms with van der Waals surface area (Å²) >= 11 is 0. The first-order valence-electron chi connectivity index (χ1n) is 4.52. The van der Waals surface area contributed by atoms with Crippen LogP contribution >= 0.6 is 0 Å². The number of carbonyl (C=O) groups excluding carboxylic acids is 4. The van der Waals surface area contributed by atoms with Gasteiger partial charge < -0.3 is 22.1 Å². The number of hydrogen-bond acceptors (Lipinski definition) is 4. The van der Waals surface area contributed by atoms with E-state index in [0.717, 1.165) is 0 Å². The molecule has 0 saturated heterocycles. The molecule has 0 bridgehead atoms. The average molecular weight is 230 g/mol. The smallest absolute Gasteiger partial charge is 0.229 e. The lowest BCUT2D eigenvalue weighted by atomic mass is 10.3. The topological polar surface area (TPSA) is 144 Å². The maximum Gasteiger partial charge on any atom is 0.229 e. The quantitative estimate of drug-likeness (QED) is 0.272. The molecule has 0 aromatic rings. The summed E-state index contributed by atoms with van der Waals surface area (Å²) in [6.45, 7) is 0.299. The number of primary amides is 2. The largest absolute Gasteiger partial charge is 0.369 e. The van der Waals surface area contributed by atoms with Crippen LogP contribution in [0, 0.1) is 0 Å². The van der Waals surface area contributed by atoms with E-state index in [-0.39, 0.29) is 13.1 Å². The summed E-state index contributed by atoms with van der Waals surface area (Å²) in [5.41, 5.74) is 9.56. The summed E-state index contributed by atoms with van der Waals surface area (Å²) in [7, 11) is 0. The molecule has 0 heterocycles. The number of carbonyl (C=O) groups is 4. The normalized spacial score (nSPS) is 9.25. The van der Waals surface area contributed by atoms with Crippen molar-refractivity contribution >= 4 is 23.6 Å². The zero-order chi connectivity index (χ0) is 12.6. The minimum Gasteiger partial charge on any atom is -0.369 e. The molecule has 0 aromatic heterocycles. The van der Waals surface area contributed by atoms with Crippen LogP contribution < -0.4 is 22.1 Å². The van der Waals surface area contributed by atoms with E-state index in [1.165, 1.54) is 0 Å². The van der Waals surface area contributed by atoms with Crippen LogP contribution in [0.5, 0.6) is 0 Å². The second kappa shape index (κ2) is 7.21. The molecule has 90 valence electrons. The second-order valence-electron chi connectivity index (χ2n) is 2.99. The fourth-order valence-corrected chi connectivity index (χ4v) is 0.845. The fourth-order valence-electron chi connectivity index (χ4n) is 0.845. The second-order valence-corrected chi connectivity index (χ2v) is 2.99. The van der Waals surface area contributed by atoms with E-state index < -0.39 is 36.5 Å². The molecular weight excluding hydrogens is 216 g/mol. The minimum atomic E-state index is -0.727. The van der Waals surface area contributed by atoms with E-state index >= 15 is 0 Å². The van der Waals surface area contributed by atoms with Crippen LogP contribution in [0.25, 0.3) is 0 Å². The highest BCUT2D eigenvalue weighted by Gasteiger charge is 2.06. The molecule has 16 heavy (non-hydrogen) atoms. The van der Waals surface area contributed by atoms with Gasteiger partial charge in [-0.05, 0) is 0 Å². The summed E-state index contributed by atoms with van der Waals surface area (Å²) in [5, 5.41) is 4.70. The van der Waals surface area contributed by atoms with Gasteiger partial charge in [0.1, 0.15) is 12.8 Å². The number of nitrogens with one attached hydrogen (secondary N) is 2. The Bertz CT molecular complexity index is 272. The highest BCUT2D eigenvalue weighted by Crippen LogP contribution is 1.78. The van der Waals surface area contributed by atoms with Gasteiger partial charge >= 0.3 is 0 Å². The van der Waals surface area contributed by atoms with Gasteiger partial charge in [-0.1, -0.05) is 0 Å². The van der Waals surface area contributed by atoms with Crippen LogP contribution in [0.15, 0.2) is 0 Å². The highest BCUT2D eigenvalue weighted by molar-refractivity contribution is 5.96. The molecule has 0 unspecified atom stereocenters.